The average Bonchev–Trinajstić information content (AvgIpc) is 3.03. The van der Waals surface area contributed by atoms with Gasteiger partial charge in [-0.15, -0.1) is 0 Å². The number of hydrogen-bond acceptors (Lipinski definition) is 2. The molecule has 0 aliphatic carbocycles. The zero-order valence-electron chi connectivity index (χ0n) is 14.5. The largest absolute Gasteiger partial charge is 0.480 e. The Bertz CT molecular complexity index is 933. The lowest BCUT2D eigenvalue weighted by Gasteiger charge is -2.15. The first-order valence-electron chi connectivity index (χ1n) is 8.41. The van der Waals surface area contributed by atoms with Gasteiger partial charge in [-0.3, -0.25) is 0 Å². The maximum Gasteiger partial charge on any atom is 0.326 e. The molecule has 0 unspecified atom stereocenters. The van der Waals surface area contributed by atoms with Crippen molar-refractivity contribution >= 4 is 22.9 Å². The van der Waals surface area contributed by atoms with E-state index in [0.717, 1.165) is 27.6 Å². The summed E-state index contributed by atoms with van der Waals surface area (Å²) in [6, 6.07) is 13.9. The van der Waals surface area contributed by atoms with E-state index in [2.05, 4.69) is 15.6 Å². The van der Waals surface area contributed by atoms with Crippen molar-refractivity contribution in [2.24, 2.45) is 0 Å². The van der Waals surface area contributed by atoms with Crippen LogP contribution in [0, 0.1) is 6.92 Å². The summed E-state index contributed by atoms with van der Waals surface area (Å²) in [7, 11) is 0. The second kappa shape index (κ2) is 7.74. The Balaban J connectivity index is 1.64. The number of H-pyrrole nitrogens is 1. The molecule has 1 heterocycles. The SMILES string of the molecule is Cc1ccccc1CNC(=O)N[C@H](Cc1c[nH]c2ccccc12)C(=O)O. The molecule has 0 fully saturated rings. The minimum Gasteiger partial charge on any atom is -0.480 e. The molecule has 0 bridgehead atoms. The summed E-state index contributed by atoms with van der Waals surface area (Å²) in [5.41, 5.74) is 3.86. The first-order chi connectivity index (χ1) is 12.5. The van der Waals surface area contributed by atoms with Crippen molar-refractivity contribution in [1.29, 1.82) is 0 Å². The summed E-state index contributed by atoms with van der Waals surface area (Å²) in [6.07, 6.45) is 1.99. The van der Waals surface area contributed by atoms with Crippen LogP contribution < -0.4 is 10.6 Å². The molecular weight excluding hydrogens is 330 g/mol. The normalized spacial score (nSPS) is 11.9. The van der Waals surface area contributed by atoms with Crippen LogP contribution in [-0.4, -0.2) is 28.1 Å². The molecule has 0 saturated heterocycles. The van der Waals surface area contributed by atoms with Gasteiger partial charge < -0.3 is 20.7 Å². The Labute approximate surface area is 151 Å². The number of aromatic amines is 1. The van der Waals surface area contributed by atoms with E-state index in [1.165, 1.54) is 0 Å². The van der Waals surface area contributed by atoms with Crippen LogP contribution in [0.1, 0.15) is 16.7 Å². The van der Waals surface area contributed by atoms with Gasteiger partial charge in [-0.25, -0.2) is 9.59 Å². The Morgan fingerprint density at radius 1 is 1.08 bits per heavy atom. The fourth-order valence-corrected chi connectivity index (χ4v) is 2.91. The maximum atomic E-state index is 12.1. The zero-order valence-corrected chi connectivity index (χ0v) is 14.5. The quantitative estimate of drug-likeness (QED) is 0.550. The lowest BCUT2D eigenvalue weighted by molar-refractivity contribution is -0.139. The number of carbonyl (C=O) groups is 2. The van der Waals surface area contributed by atoms with Gasteiger partial charge >= 0.3 is 12.0 Å². The molecular formula is C20H21N3O3. The highest BCUT2D eigenvalue weighted by atomic mass is 16.4. The standard InChI is InChI=1S/C20H21N3O3/c1-13-6-2-3-7-14(13)11-22-20(26)23-18(19(24)25)10-15-12-21-17-9-5-4-8-16(15)17/h2-9,12,18,21H,10-11H2,1H3,(H,24,25)(H2,22,23,26)/t18-/m1/s1. The topological polar surface area (TPSA) is 94.2 Å². The van der Waals surface area contributed by atoms with Gasteiger partial charge in [0.15, 0.2) is 0 Å². The van der Waals surface area contributed by atoms with Crippen LogP contribution in [-0.2, 0) is 17.8 Å². The number of carboxylic acids is 1. The number of aliphatic carboxylic acids is 1. The highest BCUT2D eigenvalue weighted by molar-refractivity contribution is 5.86. The number of urea groups is 1. The van der Waals surface area contributed by atoms with Gasteiger partial charge in [0, 0.05) is 30.1 Å². The molecule has 4 N–H and O–H groups in total. The van der Waals surface area contributed by atoms with Crippen molar-refractivity contribution in [1.82, 2.24) is 15.6 Å². The number of benzene rings is 2. The first kappa shape index (κ1) is 17.5. The van der Waals surface area contributed by atoms with E-state index < -0.39 is 18.0 Å². The van der Waals surface area contributed by atoms with E-state index in [0.29, 0.717) is 6.54 Å². The molecule has 0 aliphatic rings. The van der Waals surface area contributed by atoms with Gasteiger partial charge in [0.1, 0.15) is 6.04 Å². The van der Waals surface area contributed by atoms with Crippen LogP contribution in [0.4, 0.5) is 4.79 Å². The van der Waals surface area contributed by atoms with E-state index in [4.69, 9.17) is 0 Å². The molecule has 0 aliphatic heterocycles. The molecule has 3 rings (SSSR count). The van der Waals surface area contributed by atoms with Crippen molar-refractivity contribution in [3.63, 3.8) is 0 Å². The number of hydrogen-bond donors (Lipinski definition) is 4. The van der Waals surface area contributed by atoms with Gasteiger partial charge in [-0.2, -0.15) is 0 Å². The summed E-state index contributed by atoms with van der Waals surface area (Å²) in [6.45, 7) is 2.31. The van der Waals surface area contributed by atoms with Crippen molar-refractivity contribution < 1.29 is 14.7 Å². The van der Waals surface area contributed by atoms with E-state index >= 15 is 0 Å². The number of nitrogens with one attached hydrogen (secondary N) is 3. The second-order valence-electron chi connectivity index (χ2n) is 6.21. The molecule has 6 nitrogen and oxygen atoms in total. The van der Waals surface area contributed by atoms with Gasteiger partial charge in [0.25, 0.3) is 0 Å². The molecule has 1 atom stereocenters. The third kappa shape index (κ3) is 4.03. The minimum absolute atomic E-state index is 0.205. The molecule has 6 heteroatoms. The fourth-order valence-electron chi connectivity index (χ4n) is 2.91. The number of fused-ring (bicyclic) bond motifs is 1. The Morgan fingerprint density at radius 3 is 2.58 bits per heavy atom. The lowest BCUT2D eigenvalue weighted by Crippen LogP contribution is -2.46. The molecule has 0 radical (unpaired) electrons. The van der Waals surface area contributed by atoms with Crippen LogP contribution in [0.25, 0.3) is 10.9 Å². The number of amides is 2. The summed E-state index contributed by atoms with van der Waals surface area (Å²) in [4.78, 5) is 26.8. The number of rotatable bonds is 6. The Morgan fingerprint density at radius 2 is 1.81 bits per heavy atom. The number of aromatic nitrogens is 1. The van der Waals surface area contributed by atoms with E-state index in [1.807, 2.05) is 55.5 Å². The molecule has 26 heavy (non-hydrogen) atoms. The van der Waals surface area contributed by atoms with Crippen molar-refractivity contribution in [2.45, 2.75) is 25.9 Å². The van der Waals surface area contributed by atoms with Gasteiger partial charge in [0.05, 0.1) is 0 Å². The molecule has 0 saturated carbocycles. The van der Waals surface area contributed by atoms with Gasteiger partial charge in [0.2, 0.25) is 0 Å². The fraction of sp³-hybridized carbons (Fsp3) is 0.200. The average molecular weight is 351 g/mol. The smallest absolute Gasteiger partial charge is 0.326 e. The Hall–Kier alpha value is -3.28. The third-order valence-electron chi connectivity index (χ3n) is 4.40. The lowest BCUT2D eigenvalue weighted by atomic mass is 10.1. The minimum atomic E-state index is -1.07. The molecule has 3 aromatic rings. The number of para-hydroxylation sites is 1. The van der Waals surface area contributed by atoms with Crippen LogP contribution >= 0.6 is 0 Å². The van der Waals surface area contributed by atoms with Crippen molar-refractivity contribution in [3.05, 3.63) is 71.4 Å². The van der Waals surface area contributed by atoms with Gasteiger partial charge in [-0.05, 0) is 29.7 Å². The highest BCUT2D eigenvalue weighted by Crippen LogP contribution is 2.19. The third-order valence-corrected chi connectivity index (χ3v) is 4.40. The second-order valence-corrected chi connectivity index (χ2v) is 6.21. The van der Waals surface area contributed by atoms with Crippen LogP contribution in [0.15, 0.2) is 54.7 Å². The monoisotopic (exact) mass is 351 g/mol. The number of carbonyl (C=O) groups excluding carboxylic acids is 1. The molecule has 2 aromatic carbocycles. The molecule has 2 amide bonds. The summed E-state index contributed by atoms with van der Waals surface area (Å²) in [5.74, 6) is -1.07. The molecule has 0 spiro atoms. The Kier molecular flexibility index (Phi) is 5.22. The summed E-state index contributed by atoms with van der Waals surface area (Å²) in [5, 5.41) is 15.7. The summed E-state index contributed by atoms with van der Waals surface area (Å²) >= 11 is 0. The highest BCUT2D eigenvalue weighted by Gasteiger charge is 2.21. The zero-order chi connectivity index (χ0) is 18.5. The van der Waals surface area contributed by atoms with E-state index in [-0.39, 0.29) is 6.42 Å². The van der Waals surface area contributed by atoms with Crippen LogP contribution in [0.3, 0.4) is 0 Å². The van der Waals surface area contributed by atoms with Crippen LogP contribution in [0.2, 0.25) is 0 Å². The van der Waals surface area contributed by atoms with E-state index in [9.17, 15) is 14.7 Å². The first-order valence-corrected chi connectivity index (χ1v) is 8.41. The molecule has 134 valence electrons. The number of aryl methyl sites for hydroxylation is 1. The predicted molar refractivity (Wildman–Crippen MR) is 100.0 cm³/mol. The van der Waals surface area contributed by atoms with Crippen LogP contribution in [0.5, 0.6) is 0 Å². The predicted octanol–water partition coefficient (Wildman–Crippen LogP) is 2.97. The van der Waals surface area contributed by atoms with Gasteiger partial charge in [-0.1, -0.05) is 42.5 Å². The maximum absolute atomic E-state index is 12.1. The number of carboxylic acid groups (broad SMARTS) is 1. The van der Waals surface area contributed by atoms with E-state index in [1.54, 1.807) is 6.20 Å². The summed E-state index contributed by atoms with van der Waals surface area (Å²) < 4.78 is 0. The molecule has 1 aromatic heterocycles. The van der Waals surface area contributed by atoms with Crippen molar-refractivity contribution in [3.8, 4) is 0 Å². The van der Waals surface area contributed by atoms with Crippen molar-refractivity contribution in [2.75, 3.05) is 0 Å².